The molecule has 0 aromatic carbocycles. The quantitative estimate of drug-likeness (QED) is 0.0791. The fraction of sp³-hybridized carbons (Fsp3) is 0.971. The lowest BCUT2D eigenvalue weighted by molar-refractivity contribution is -0.118. The lowest BCUT2D eigenvalue weighted by Gasteiger charge is -2.06. The lowest BCUT2D eigenvalue weighted by atomic mass is 10.0. The van der Waals surface area contributed by atoms with Gasteiger partial charge < -0.3 is 15.9 Å². The van der Waals surface area contributed by atoms with E-state index >= 15 is 0 Å². The summed E-state index contributed by atoms with van der Waals surface area (Å²) < 4.78 is 0. The van der Waals surface area contributed by atoms with Gasteiger partial charge in [0.05, 0.1) is 12.7 Å². The second kappa shape index (κ2) is 36.4. The highest BCUT2D eigenvalue weighted by molar-refractivity contribution is 5.73. The van der Waals surface area contributed by atoms with E-state index in [-0.39, 0.29) is 12.5 Å². The number of aliphatic hydroxyl groups is 2. The summed E-state index contributed by atoms with van der Waals surface area (Å²) in [5, 5.41) is 17.9. The molecule has 0 heterocycles. The Morgan fingerprint density at radius 3 is 1.03 bits per heavy atom. The van der Waals surface area contributed by atoms with Crippen LogP contribution in [0.15, 0.2) is 0 Å². The molecule has 0 aliphatic rings. The fourth-order valence-corrected chi connectivity index (χ4v) is 4.98. The van der Waals surface area contributed by atoms with Crippen LogP contribution < -0.4 is 5.73 Å². The molecule has 230 valence electrons. The molecular weight excluding hydrogens is 470 g/mol. The minimum absolute atomic E-state index is 0.0849. The largest absolute Gasteiger partial charge is 0.394 e. The first kappa shape index (κ1) is 39.5. The minimum atomic E-state index is -0.493. The molecule has 0 aromatic rings. The van der Waals surface area contributed by atoms with Gasteiger partial charge in [-0.2, -0.15) is 0 Å². The van der Waals surface area contributed by atoms with Crippen molar-refractivity contribution in [1.29, 1.82) is 0 Å². The third-order valence-corrected chi connectivity index (χ3v) is 7.63. The van der Waals surface area contributed by atoms with E-state index in [2.05, 4.69) is 13.8 Å². The Kier molecular flexibility index (Phi) is 37.9. The summed E-state index contributed by atoms with van der Waals surface area (Å²) in [6, 6.07) is 0. The van der Waals surface area contributed by atoms with Crippen molar-refractivity contribution >= 4 is 5.91 Å². The van der Waals surface area contributed by atoms with E-state index in [1.165, 1.54) is 161 Å². The molecule has 0 fully saturated rings. The van der Waals surface area contributed by atoms with Crippen LogP contribution in [0.5, 0.6) is 0 Å². The summed E-state index contributed by atoms with van der Waals surface area (Å²) in [6.45, 7) is 4.46. The summed E-state index contributed by atoms with van der Waals surface area (Å²) >= 11 is 0. The zero-order valence-corrected chi connectivity index (χ0v) is 26.2. The summed E-state index contributed by atoms with van der Waals surface area (Å²) in [4.78, 5) is 10.5. The summed E-state index contributed by atoms with van der Waals surface area (Å²) in [5.41, 5.74) is 5.09. The van der Waals surface area contributed by atoms with E-state index < -0.39 is 6.10 Å². The molecule has 0 aliphatic heterocycles. The first-order chi connectivity index (χ1) is 18.6. The molecule has 0 bridgehead atoms. The predicted molar refractivity (Wildman–Crippen MR) is 168 cm³/mol. The molecule has 0 spiro atoms. The third-order valence-electron chi connectivity index (χ3n) is 7.63. The van der Waals surface area contributed by atoms with Crippen molar-refractivity contribution < 1.29 is 15.0 Å². The number of nitrogens with two attached hydrogens (primary N) is 1. The Morgan fingerprint density at radius 2 is 0.763 bits per heavy atom. The van der Waals surface area contributed by atoms with E-state index in [1.807, 2.05) is 0 Å². The van der Waals surface area contributed by atoms with Gasteiger partial charge in [0.25, 0.3) is 0 Å². The summed E-state index contributed by atoms with van der Waals surface area (Å²) in [6.07, 6.45) is 37.2. The number of hydrogen-bond donors (Lipinski definition) is 3. The van der Waals surface area contributed by atoms with Gasteiger partial charge in [0.1, 0.15) is 0 Å². The van der Waals surface area contributed by atoms with Gasteiger partial charge in [0, 0.05) is 6.42 Å². The smallest absolute Gasteiger partial charge is 0.217 e. The van der Waals surface area contributed by atoms with Gasteiger partial charge in [0.2, 0.25) is 5.91 Å². The van der Waals surface area contributed by atoms with Crippen molar-refractivity contribution in [3.05, 3.63) is 0 Å². The molecular formula is C34H71NO3. The zero-order chi connectivity index (χ0) is 28.4. The molecule has 0 aromatic heterocycles. The molecule has 0 saturated heterocycles. The van der Waals surface area contributed by atoms with Gasteiger partial charge in [-0.1, -0.05) is 181 Å². The molecule has 4 nitrogen and oxygen atoms in total. The van der Waals surface area contributed by atoms with Gasteiger partial charge >= 0.3 is 0 Å². The number of carbonyl (C=O) groups is 1. The van der Waals surface area contributed by atoms with E-state index in [0.717, 1.165) is 19.3 Å². The average Bonchev–Trinajstić information content (AvgIpc) is 2.91. The van der Waals surface area contributed by atoms with Crippen LogP contribution in [0.4, 0.5) is 0 Å². The molecule has 1 amide bonds. The highest BCUT2D eigenvalue weighted by Gasteiger charge is 2.00. The molecule has 38 heavy (non-hydrogen) atoms. The third kappa shape index (κ3) is 39.9. The number of amides is 1. The Bertz CT molecular complexity index is 430. The van der Waals surface area contributed by atoms with Crippen LogP contribution in [0.1, 0.15) is 200 Å². The number of hydrogen-bond acceptors (Lipinski definition) is 3. The lowest BCUT2D eigenvalue weighted by Crippen LogP contribution is -2.10. The molecule has 0 aliphatic carbocycles. The van der Waals surface area contributed by atoms with Crippen LogP contribution in [0, 0.1) is 0 Å². The summed E-state index contributed by atoms with van der Waals surface area (Å²) in [5.74, 6) is -0.155. The number of unbranched alkanes of at least 4 members (excludes halogenated alkanes) is 25. The molecule has 0 saturated carbocycles. The maximum Gasteiger partial charge on any atom is 0.217 e. The van der Waals surface area contributed by atoms with Gasteiger partial charge in [0.15, 0.2) is 0 Å². The van der Waals surface area contributed by atoms with Crippen LogP contribution in [0.25, 0.3) is 0 Å². The monoisotopic (exact) mass is 542 g/mol. The van der Waals surface area contributed by atoms with Gasteiger partial charge in [-0.15, -0.1) is 0 Å². The minimum Gasteiger partial charge on any atom is -0.394 e. The van der Waals surface area contributed by atoms with Gasteiger partial charge in [-0.25, -0.2) is 0 Å². The number of rotatable bonds is 30. The van der Waals surface area contributed by atoms with E-state index in [0.29, 0.717) is 6.42 Å². The second-order valence-corrected chi connectivity index (χ2v) is 11.7. The van der Waals surface area contributed by atoms with Crippen molar-refractivity contribution in [1.82, 2.24) is 0 Å². The maximum atomic E-state index is 10.5. The Hall–Kier alpha value is -0.610. The zero-order valence-electron chi connectivity index (χ0n) is 26.2. The fourth-order valence-electron chi connectivity index (χ4n) is 4.98. The van der Waals surface area contributed by atoms with Crippen molar-refractivity contribution in [3.63, 3.8) is 0 Å². The van der Waals surface area contributed by atoms with Crippen LogP contribution in [-0.4, -0.2) is 28.8 Å². The van der Waals surface area contributed by atoms with Crippen LogP contribution in [-0.2, 0) is 4.79 Å². The first-order valence-electron chi connectivity index (χ1n) is 17.2. The van der Waals surface area contributed by atoms with E-state index in [1.54, 1.807) is 0 Å². The molecule has 1 atom stereocenters. The number of carbonyl (C=O) groups excluding carboxylic acids is 1. The van der Waals surface area contributed by atoms with Crippen molar-refractivity contribution in [2.24, 2.45) is 5.73 Å². The Labute approximate surface area is 239 Å². The van der Waals surface area contributed by atoms with Crippen LogP contribution in [0.3, 0.4) is 0 Å². The first-order valence-corrected chi connectivity index (χ1v) is 17.2. The molecule has 0 radical (unpaired) electrons. The number of primary amides is 1. The normalized spacial score (nSPS) is 11.8. The standard InChI is InChI=1S/C18H38O2.C16H33NO/c1-2-3-4-5-6-7-8-9-10-11-12-13-14-15-16-18(20)17-19;1-2-3-4-5-6-7-8-9-10-11-12-13-14-15-16(17)18/h18-20H,2-17H2,1H3;2-15H2,1H3,(H2,17,18). The molecule has 0 rings (SSSR count). The second-order valence-electron chi connectivity index (χ2n) is 11.7. The molecule has 1 unspecified atom stereocenters. The van der Waals surface area contributed by atoms with Crippen LogP contribution in [0.2, 0.25) is 0 Å². The molecule has 4 N–H and O–H groups in total. The molecule has 4 heteroatoms. The Balaban J connectivity index is 0. The van der Waals surface area contributed by atoms with E-state index in [4.69, 9.17) is 10.8 Å². The summed E-state index contributed by atoms with van der Waals surface area (Å²) in [7, 11) is 0. The highest BCUT2D eigenvalue weighted by Crippen LogP contribution is 2.14. The predicted octanol–water partition coefficient (Wildman–Crippen LogP) is 10.2. The van der Waals surface area contributed by atoms with Crippen molar-refractivity contribution in [2.75, 3.05) is 6.61 Å². The highest BCUT2D eigenvalue weighted by atomic mass is 16.3. The number of aliphatic hydroxyl groups excluding tert-OH is 2. The van der Waals surface area contributed by atoms with Crippen molar-refractivity contribution in [2.45, 2.75) is 206 Å². The maximum absolute atomic E-state index is 10.5. The van der Waals surface area contributed by atoms with Crippen molar-refractivity contribution in [3.8, 4) is 0 Å². The average molecular weight is 542 g/mol. The SMILES string of the molecule is CCCCCCCCCCCCCCCC(N)=O.CCCCCCCCCCCCCCCCC(O)CO. The van der Waals surface area contributed by atoms with Gasteiger partial charge in [-0.05, 0) is 12.8 Å². The topological polar surface area (TPSA) is 83.6 Å². The van der Waals surface area contributed by atoms with Gasteiger partial charge in [-0.3, -0.25) is 4.79 Å². The van der Waals surface area contributed by atoms with Crippen LogP contribution >= 0.6 is 0 Å². The Morgan fingerprint density at radius 1 is 0.500 bits per heavy atom. The van der Waals surface area contributed by atoms with E-state index in [9.17, 15) is 9.90 Å².